The molecule has 1 aliphatic rings. The van der Waals surface area contributed by atoms with Crippen LogP contribution in [0.1, 0.15) is 36.7 Å². The van der Waals surface area contributed by atoms with Crippen molar-refractivity contribution in [2.45, 2.75) is 39.3 Å². The molecule has 2 aromatic rings. The molecule has 2 aromatic carbocycles. The average Bonchev–Trinajstić information content (AvgIpc) is 3.03. The topological polar surface area (TPSA) is 77.8 Å². The number of carbonyl (C=O) groups is 2. The summed E-state index contributed by atoms with van der Waals surface area (Å²) in [6, 6.07) is 14.2. The number of aliphatic hydroxyl groups is 1. The van der Waals surface area contributed by atoms with Crippen LogP contribution < -0.4 is 0 Å². The Bertz CT molecular complexity index is 768. The summed E-state index contributed by atoms with van der Waals surface area (Å²) in [6.07, 6.45) is 0.253. The van der Waals surface area contributed by atoms with Gasteiger partial charge in [0.05, 0.1) is 6.10 Å². The highest BCUT2D eigenvalue weighted by atomic mass is 16.4. The van der Waals surface area contributed by atoms with Crippen molar-refractivity contribution in [2.24, 2.45) is 0 Å². The van der Waals surface area contributed by atoms with E-state index in [1.54, 1.807) is 12.1 Å². The third kappa shape index (κ3) is 3.78. The van der Waals surface area contributed by atoms with Gasteiger partial charge in [0.1, 0.15) is 0 Å². The number of amides is 1. The van der Waals surface area contributed by atoms with E-state index in [-0.39, 0.29) is 26.3 Å². The van der Waals surface area contributed by atoms with E-state index in [1.165, 1.54) is 10.5 Å². The number of carboxylic acids is 1. The Labute approximate surface area is 153 Å². The SMILES string of the molecule is C.CCc1ccc(-c2ccc(C(=O)N3CC[C@H](O)[C@H]3C(=O)O)cc2)cc1. The third-order valence-electron chi connectivity index (χ3n) is 4.71. The minimum atomic E-state index is -1.18. The second-order valence-corrected chi connectivity index (χ2v) is 6.27. The lowest BCUT2D eigenvalue weighted by Crippen LogP contribution is -2.45. The van der Waals surface area contributed by atoms with Gasteiger partial charge in [-0.1, -0.05) is 50.7 Å². The van der Waals surface area contributed by atoms with E-state index < -0.39 is 18.1 Å². The van der Waals surface area contributed by atoms with Crippen LogP contribution in [-0.4, -0.2) is 45.7 Å². The summed E-state index contributed by atoms with van der Waals surface area (Å²) >= 11 is 0. The highest BCUT2D eigenvalue weighted by molar-refractivity contribution is 5.97. The van der Waals surface area contributed by atoms with Gasteiger partial charge in [0, 0.05) is 12.1 Å². The number of hydrogen-bond acceptors (Lipinski definition) is 3. The first-order chi connectivity index (χ1) is 12.0. The van der Waals surface area contributed by atoms with E-state index in [0.29, 0.717) is 5.56 Å². The smallest absolute Gasteiger partial charge is 0.329 e. The van der Waals surface area contributed by atoms with Crippen molar-refractivity contribution in [3.8, 4) is 11.1 Å². The summed E-state index contributed by atoms with van der Waals surface area (Å²) in [4.78, 5) is 25.1. The van der Waals surface area contributed by atoms with Gasteiger partial charge in [-0.05, 0) is 41.7 Å². The van der Waals surface area contributed by atoms with Crippen molar-refractivity contribution in [3.63, 3.8) is 0 Å². The molecule has 0 bridgehead atoms. The van der Waals surface area contributed by atoms with Gasteiger partial charge in [-0.2, -0.15) is 0 Å². The molecule has 0 aliphatic carbocycles. The van der Waals surface area contributed by atoms with Gasteiger partial charge in [0.15, 0.2) is 6.04 Å². The first-order valence-electron chi connectivity index (χ1n) is 8.42. The lowest BCUT2D eigenvalue weighted by atomic mass is 10.0. The Kier molecular flexibility index (Phi) is 6.16. The molecule has 26 heavy (non-hydrogen) atoms. The maximum atomic E-state index is 12.6. The lowest BCUT2D eigenvalue weighted by molar-refractivity contribution is -0.144. The fourth-order valence-electron chi connectivity index (χ4n) is 3.21. The van der Waals surface area contributed by atoms with E-state index in [9.17, 15) is 19.8 Å². The van der Waals surface area contributed by atoms with Crippen LogP contribution in [0.25, 0.3) is 11.1 Å². The van der Waals surface area contributed by atoms with E-state index in [4.69, 9.17) is 0 Å². The van der Waals surface area contributed by atoms with Crippen LogP contribution in [0.15, 0.2) is 48.5 Å². The lowest BCUT2D eigenvalue weighted by Gasteiger charge is -2.22. The monoisotopic (exact) mass is 355 g/mol. The maximum absolute atomic E-state index is 12.6. The van der Waals surface area contributed by atoms with Crippen molar-refractivity contribution in [2.75, 3.05) is 6.54 Å². The average molecular weight is 355 g/mol. The zero-order valence-electron chi connectivity index (χ0n) is 14.1. The number of benzene rings is 2. The van der Waals surface area contributed by atoms with Crippen LogP contribution in [0, 0.1) is 0 Å². The van der Waals surface area contributed by atoms with Gasteiger partial charge >= 0.3 is 5.97 Å². The summed E-state index contributed by atoms with van der Waals surface area (Å²) in [5.74, 6) is -1.54. The minimum absolute atomic E-state index is 0. The number of aryl methyl sites for hydroxylation is 1. The summed E-state index contributed by atoms with van der Waals surface area (Å²) in [7, 11) is 0. The summed E-state index contributed by atoms with van der Waals surface area (Å²) in [5, 5.41) is 19.0. The molecule has 0 unspecified atom stereocenters. The molecule has 1 amide bonds. The fraction of sp³-hybridized carbons (Fsp3) is 0.333. The van der Waals surface area contributed by atoms with Crippen LogP contribution >= 0.6 is 0 Å². The van der Waals surface area contributed by atoms with Gasteiger partial charge < -0.3 is 15.1 Å². The number of nitrogens with zero attached hydrogens (tertiary/aromatic N) is 1. The molecule has 2 atom stereocenters. The second kappa shape index (κ2) is 8.15. The van der Waals surface area contributed by atoms with Crippen LogP contribution in [0.4, 0.5) is 0 Å². The van der Waals surface area contributed by atoms with Crippen molar-refractivity contribution in [1.29, 1.82) is 0 Å². The molecule has 0 radical (unpaired) electrons. The number of aliphatic carboxylic acids is 1. The third-order valence-corrected chi connectivity index (χ3v) is 4.71. The zero-order valence-corrected chi connectivity index (χ0v) is 14.1. The fourth-order valence-corrected chi connectivity index (χ4v) is 3.21. The minimum Gasteiger partial charge on any atom is -0.480 e. The first-order valence-corrected chi connectivity index (χ1v) is 8.42. The normalized spacial score (nSPS) is 19.1. The van der Waals surface area contributed by atoms with Gasteiger partial charge in [0.25, 0.3) is 5.91 Å². The van der Waals surface area contributed by atoms with Crippen LogP contribution in [0.3, 0.4) is 0 Å². The summed E-state index contributed by atoms with van der Waals surface area (Å²) in [5.41, 5.74) is 3.75. The molecule has 5 heteroatoms. The molecule has 5 nitrogen and oxygen atoms in total. The molecular formula is C21H25NO4. The van der Waals surface area contributed by atoms with Crippen molar-refractivity contribution in [3.05, 3.63) is 59.7 Å². The predicted molar refractivity (Wildman–Crippen MR) is 101 cm³/mol. The molecule has 138 valence electrons. The van der Waals surface area contributed by atoms with Gasteiger partial charge in [0.2, 0.25) is 0 Å². The van der Waals surface area contributed by atoms with Gasteiger partial charge in [-0.25, -0.2) is 4.79 Å². The predicted octanol–water partition coefficient (Wildman–Crippen LogP) is 3.21. The molecule has 1 saturated heterocycles. The van der Waals surface area contributed by atoms with Crippen molar-refractivity contribution >= 4 is 11.9 Å². The van der Waals surface area contributed by atoms with Crippen LogP contribution in [-0.2, 0) is 11.2 Å². The quantitative estimate of drug-likeness (QED) is 0.883. The number of carbonyl (C=O) groups excluding carboxylic acids is 1. The molecule has 1 fully saturated rings. The van der Waals surface area contributed by atoms with Crippen molar-refractivity contribution in [1.82, 2.24) is 4.90 Å². The molecule has 3 rings (SSSR count). The van der Waals surface area contributed by atoms with Gasteiger partial charge in [-0.3, -0.25) is 4.79 Å². The Morgan fingerprint density at radius 3 is 2.08 bits per heavy atom. The molecule has 0 saturated carbocycles. The Morgan fingerprint density at radius 2 is 1.58 bits per heavy atom. The zero-order chi connectivity index (χ0) is 18.0. The highest BCUT2D eigenvalue weighted by Gasteiger charge is 2.41. The molecule has 0 spiro atoms. The van der Waals surface area contributed by atoms with E-state index in [0.717, 1.165) is 17.5 Å². The number of hydrogen-bond donors (Lipinski definition) is 2. The first kappa shape index (κ1) is 19.7. The van der Waals surface area contributed by atoms with E-state index in [2.05, 4.69) is 19.1 Å². The molecular weight excluding hydrogens is 330 g/mol. The van der Waals surface area contributed by atoms with Crippen LogP contribution in [0.5, 0.6) is 0 Å². The Morgan fingerprint density at radius 1 is 1.04 bits per heavy atom. The number of rotatable bonds is 4. The van der Waals surface area contributed by atoms with Crippen molar-refractivity contribution < 1.29 is 19.8 Å². The largest absolute Gasteiger partial charge is 0.480 e. The molecule has 1 heterocycles. The van der Waals surface area contributed by atoms with Crippen LogP contribution in [0.2, 0.25) is 0 Å². The van der Waals surface area contributed by atoms with Gasteiger partial charge in [-0.15, -0.1) is 0 Å². The number of likely N-dealkylation sites (tertiary alicyclic amines) is 1. The molecule has 2 N–H and O–H groups in total. The van der Waals surface area contributed by atoms with E-state index >= 15 is 0 Å². The number of carboxylic acid groups (broad SMARTS) is 1. The molecule has 1 aliphatic heterocycles. The Hall–Kier alpha value is -2.66. The standard InChI is InChI=1S/C20H21NO4.CH4/c1-2-13-3-5-14(6-4-13)15-7-9-16(10-8-15)19(23)21-12-11-17(22)18(21)20(24)25;/h3-10,17-18,22H,2,11-12H2,1H3,(H,24,25);1H4/t17-,18-;/m0./s1. The number of aliphatic hydroxyl groups excluding tert-OH is 1. The maximum Gasteiger partial charge on any atom is 0.329 e. The highest BCUT2D eigenvalue weighted by Crippen LogP contribution is 2.24. The Balaban J connectivity index is 0.00000243. The second-order valence-electron chi connectivity index (χ2n) is 6.27. The molecule has 0 aromatic heterocycles. The summed E-state index contributed by atoms with van der Waals surface area (Å²) in [6.45, 7) is 2.35. The summed E-state index contributed by atoms with van der Waals surface area (Å²) < 4.78 is 0. The van der Waals surface area contributed by atoms with E-state index in [1.807, 2.05) is 24.3 Å².